The summed E-state index contributed by atoms with van der Waals surface area (Å²) >= 11 is 1.63. The van der Waals surface area contributed by atoms with E-state index in [1.807, 2.05) is 4.90 Å². The van der Waals surface area contributed by atoms with Gasteiger partial charge in [-0.1, -0.05) is 0 Å². The van der Waals surface area contributed by atoms with E-state index in [1.54, 1.807) is 11.8 Å². The molecule has 5 nitrogen and oxygen atoms in total. The molecule has 19 heavy (non-hydrogen) atoms. The van der Waals surface area contributed by atoms with Gasteiger partial charge in [-0.05, 0) is 38.5 Å². The quantitative estimate of drug-likeness (QED) is 0.785. The molecular formula is C13H23N3O2S. The number of rotatable bonds is 4. The molecule has 1 saturated heterocycles. The third kappa shape index (κ3) is 3.63. The Labute approximate surface area is 118 Å². The minimum atomic E-state index is -0.868. The number of primary amides is 1. The minimum absolute atomic E-state index is 0.217. The summed E-state index contributed by atoms with van der Waals surface area (Å²) in [5.41, 5.74) is 10.5. The number of hydrogen-bond acceptors (Lipinski definition) is 4. The lowest BCUT2D eigenvalue weighted by molar-refractivity contribution is -0.127. The number of carbonyl (C=O) groups excluding carboxylic acids is 2. The average Bonchev–Trinajstić information content (AvgIpc) is 2.90. The zero-order valence-corrected chi connectivity index (χ0v) is 12.1. The summed E-state index contributed by atoms with van der Waals surface area (Å²) < 4.78 is 0. The van der Waals surface area contributed by atoms with E-state index in [0.29, 0.717) is 18.6 Å². The summed E-state index contributed by atoms with van der Waals surface area (Å²) in [7, 11) is 0. The van der Waals surface area contributed by atoms with Crippen molar-refractivity contribution >= 4 is 23.6 Å². The van der Waals surface area contributed by atoms with Crippen molar-refractivity contribution in [2.75, 3.05) is 18.8 Å². The van der Waals surface area contributed by atoms with Gasteiger partial charge in [-0.25, -0.2) is 0 Å². The van der Waals surface area contributed by atoms with Gasteiger partial charge in [0.1, 0.15) is 0 Å². The van der Waals surface area contributed by atoms with Crippen molar-refractivity contribution in [1.29, 1.82) is 0 Å². The molecule has 2 unspecified atom stereocenters. The first-order chi connectivity index (χ1) is 9.01. The summed E-state index contributed by atoms with van der Waals surface area (Å²) in [5, 5.41) is 0.276. The van der Waals surface area contributed by atoms with Crippen LogP contribution in [-0.2, 0) is 9.59 Å². The second-order valence-corrected chi connectivity index (χ2v) is 6.93. The molecule has 2 amide bonds. The summed E-state index contributed by atoms with van der Waals surface area (Å²) in [4.78, 5) is 25.3. The first-order valence-electron chi connectivity index (χ1n) is 6.99. The number of nitrogens with two attached hydrogens (primary N) is 2. The third-order valence-corrected chi connectivity index (χ3v) is 5.42. The predicted molar refractivity (Wildman–Crippen MR) is 76.6 cm³/mol. The van der Waals surface area contributed by atoms with Crippen LogP contribution in [0.1, 0.15) is 38.5 Å². The molecule has 108 valence electrons. The van der Waals surface area contributed by atoms with Crippen LogP contribution in [0.25, 0.3) is 0 Å². The van der Waals surface area contributed by atoms with Gasteiger partial charge in [0.15, 0.2) is 0 Å². The second kappa shape index (κ2) is 6.13. The molecule has 1 heterocycles. The van der Waals surface area contributed by atoms with Crippen molar-refractivity contribution in [3.05, 3.63) is 0 Å². The minimum Gasteiger partial charge on any atom is -0.368 e. The SMILES string of the molecule is NC(=O)C1(N)CCCC(SCC(=O)N2CCCC2)C1. The molecule has 1 aliphatic carbocycles. The molecule has 0 bridgehead atoms. The van der Waals surface area contributed by atoms with Crippen LogP contribution >= 0.6 is 11.8 Å². The van der Waals surface area contributed by atoms with E-state index in [-0.39, 0.29) is 11.2 Å². The molecule has 6 heteroatoms. The number of likely N-dealkylation sites (tertiary alicyclic amines) is 1. The van der Waals surface area contributed by atoms with Crippen LogP contribution in [0, 0.1) is 0 Å². The molecule has 4 N–H and O–H groups in total. The van der Waals surface area contributed by atoms with Crippen LogP contribution in [0.5, 0.6) is 0 Å². The van der Waals surface area contributed by atoms with Crippen molar-refractivity contribution in [2.45, 2.75) is 49.3 Å². The van der Waals surface area contributed by atoms with Crippen LogP contribution in [-0.4, -0.2) is 46.3 Å². The molecule has 2 rings (SSSR count). The molecule has 0 aromatic heterocycles. The van der Waals surface area contributed by atoms with Crippen LogP contribution in [0.2, 0.25) is 0 Å². The van der Waals surface area contributed by atoms with E-state index >= 15 is 0 Å². The molecule has 2 aliphatic rings. The molecule has 2 atom stereocenters. The van der Waals surface area contributed by atoms with Gasteiger partial charge in [-0.3, -0.25) is 9.59 Å². The first-order valence-corrected chi connectivity index (χ1v) is 8.04. The monoisotopic (exact) mass is 285 g/mol. The standard InChI is InChI=1S/C13H23N3O2S/c14-12(18)13(15)5-3-4-10(8-13)19-9-11(17)16-6-1-2-7-16/h10H,1-9,15H2,(H2,14,18). The van der Waals surface area contributed by atoms with Crippen LogP contribution in [0.3, 0.4) is 0 Å². The lowest BCUT2D eigenvalue weighted by Gasteiger charge is -2.35. The normalized spacial score (nSPS) is 31.4. The molecule has 1 aliphatic heterocycles. The van der Waals surface area contributed by atoms with E-state index in [2.05, 4.69) is 0 Å². The predicted octanol–water partition coefficient (Wildman–Crippen LogP) is 0.467. The topological polar surface area (TPSA) is 89.4 Å². The van der Waals surface area contributed by atoms with Crippen molar-refractivity contribution in [1.82, 2.24) is 4.90 Å². The summed E-state index contributed by atoms with van der Waals surface area (Å²) in [6, 6.07) is 0. The highest BCUT2D eigenvalue weighted by molar-refractivity contribution is 8.00. The molecular weight excluding hydrogens is 262 g/mol. The van der Waals surface area contributed by atoms with Crippen LogP contribution in [0.4, 0.5) is 0 Å². The highest BCUT2D eigenvalue weighted by atomic mass is 32.2. The fourth-order valence-corrected chi connectivity index (χ4v) is 4.18. The smallest absolute Gasteiger partial charge is 0.237 e. The van der Waals surface area contributed by atoms with Crippen LogP contribution in [0.15, 0.2) is 0 Å². The lowest BCUT2D eigenvalue weighted by Crippen LogP contribution is -2.55. The maximum absolute atomic E-state index is 12.0. The maximum atomic E-state index is 12.0. The number of nitrogens with zero attached hydrogens (tertiary/aromatic N) is 1. The van der Waals surface area contributed by atoms with E-state index in [1.165, 1.54) is 0 Å². The highest BCUT2D eigenvalue weighted by Crippen LogP contribution is 2.33. The van der Waals surface area contributed by atoms with Gasteiger partial charge in [0.2, 0.25) is 11.8 Å². The van der Waals surface area contributed by atoms with Gasteiger partial charge in [-0.15, -0.1) is 11.8 Å². The second-order valence-electron chi connectivity index (χ2n) is 5.64. The Balaban J connectivity index is 1.79. The average molecular weight is 285 g/mol. The van der Waals surface area contributed by atoms with Gasteiger partial charge in [0.25, 0.3) is 0 Å². The zero-order valence-electron chi connectivity index (χ0n) is 11.3. The largest absolute Gasteiger partial charge is 0.368 e. The number of carbonyl (C=O) groups is 2. The van der Waals surface area contributed by atoms with E-state index in [0.717, 1.165) is 38.8 Å². The van der Waals surface area contributed by atoms with Crippen molar-refractivity contribution < 1.29 is 9.59 Å². The Morgan fingerprint density at radius 3 is 2.58 bits per heavy atom. The van der Waals surface area contributed by atoms with Crippen molar-refractivity contribution in [3.63, 3.8) is 0 Å². The summed E-state index contributed by atoms with van der Waals surface area (Å²) in [5.74, 6) is 0.304. The molecule has 0 radical (unpaired) electrons. The van der Waals surface area contributed by atoms with Crippen molar-refractivity contribution in [2.24, 2.45) is 11.5 Å². The summed E-state index contributed by atoms with van der Waals surface area (Å²) in [6.45, 7) is 1.79. The van der Waals surface area contributed by atoms with E-state index < -0.39 is 11.4 Å². The first kappa shape index (κ1) is 14.7. The van der Waals surface area contributed by atoms with Gasteiger partial charge in [0.05, 0.1) is 11.3 Å². The highest BCUT2D eigenvalue weighted by Gasteiger charge is 2.38. The molecule has 0 aromatic carbocycles. The Hall–Kier alpha value is -0.750. The van der Waals surface area contributed by atoms with Gasteiger partial charge >= 0.3 is 0 Å². The molecule has 0 spiro atoms. The Bertz CT molecular complexity index is 358. The molecule has 0 aromatic rings. The number of thioether (sulfide) groups is 1. The fraction of sp³-hybridized carbons (Fsp3) is 0.846. The summed E-state index contributed by atoms with van der Waals surface area (Å²) in [6.07, 6.45) is 5.43. The van der Waals surface area contributed by atoms with E-state index in [9.17, 15) is 9.59 Å². The maximum Gasteiger partial charge on any atom is 0.237 e. The zero-order chi connectivity index (χ0) is 13.9. The van der Waals surface area contributed by atoms with Gasteiger partial charge < -0.3 is 16.4 Å². The Morgan fingerprint density at radius 1 is 1.26 bits per heavy atom. The molecule has 2 fully saturated rings. The lowest BCUT2D eigenvalue weighted by atomic mass is 9.82. The van der Waals surface area contributed by atoms with Crippen molar-refractivity contribution in [3.8, 4) is 0 Å². The van der Waals surface area contributed by atoms with Crippen LogP contribution < -0.4 is 11.5 Å². The third-order valence-electron chi connectivity index (χ3n) is 4.13. The van der Waals surface area contributed by atoms with Gasteiger partial charge in [-0.2, -0.15) is 0 Å². The van der Waals surface area contributed by atoms with E-state index in [4.69, 9.17) is 11.5 Å². The fourth-order valence-electron chi connectivity index (χ4n) is 2.87. The van der Waals surface area contributed by atoms with Gasteiger partial charge in [0, 0.05) is 18.3 Å². The number of hydrogen-bond donors (Lipinski definition) is 2. The Kier molecular flexibility index (Phi) is 4.73. The Morgan fingerprint density at radius 2 is 1.95 bits per heavy atom. The molecule has 1 saturated carbocycles. The number of amides is 2.